The third-order valence-corrected chi connectivity index (χ3v) is 4.35. The molecule has 25 heavy (non-hydrogen) atoms. The maximum atomic E-state index is 12.8. The van der Waals surface area contributed by atoms with Gasteiger partial charge in [0.25, 0.3) is 0 Å². The number of guanidine groups is 1. The van der Waals surface area contributed by atoms with Crippen LogP contribution in [0.15, 0.2) is 29.3 Å². The number of alkyl halides is 3. The Morgan fingerprint density at radius 3 is 2.60 bits per heavy atom. The second kappa shape index (κ2) is 8.53. The van der Waals surface area contributed by atoms with Crippen LogP contribution in [0.25, 0.3) is 0 Å². The Hall–Kier alpha value is -1.80. The first-order chi connectivity index (χ1) is 11.9. The van der Waals surface area contributed by atoms with E-state index in [0.717, 1.165) is 25.0 Å². The normalized spacial score (nSPS) is 18.0. The maximum Gasteiger partial charge on any atom is 0.416 e. The van der Waals surface area contributed by atoms with Crippen LogP contribution in [0, 0.1) is 0 Å². The highest BCUT2D eigenvalue weighted by Gasteiger charge is 2.32. The van der Waals surface area contributed by atoms with Gasteiger partial charge in [-0.05, 0) is 17.7 Å². The van der Waals surface area contributed by atoms with Crippen molar-refractivity contribution < 1.29 is 22.6 Å². The lowest BCUT2D eigenvalue weighted by Gasteiger charge is -2.36. The summed E-state index contributed by atoms with van der Waals surface area (Å²) in [5, 5.41) is 6.21. The number of rotatable bonds is 5. The molecule has 0 aliphatic carbocycles. The van der Waals surface area contributed by atoms with Crippen LogP contribution in [0.1, 0.15) is 24.0 Å². The highest BCUT2D eigenvalue weighted by Crippen LogP contribution is 2.29. The fourth-order valence-corrected chi connectivity index (χ4v) is 2.71. The van der Waals surface area contributed by atoms with Crippen LogP contribution >= 0.6 is 0 Å². The van der Waals surface area contributed by atoms with Crippen molar-refractivity contribution in [2.75, 3.05) is 33.9 Å². The monoisotopic (exact) mass is 359 g/mol. The van der Waals surface area contributed by atoms with E-state index < -0.39 is 11.7 Å². The van der Waals surface area contributed by atoms with E-state index in [4.69, 9.17) is 9.47 Å². The second-order valence-corrected chi connectivity index (χ2v) is 5.98. The number of ether oxygens (including phenoxy) is 2. The van der Waals surface area contributed by atoms with Crippen molar-refractivity contribution in [1.82, 2.24) is 10.6 Å². The summed E-state index contributed by atoms with van der Waals surface area (Å²) >= 11 is 0. The van der Waals surface area contributed by atoms with Gasteiger partial charge in [-0.3, -0.25) is 4.99 Å². The van der Waals surface area contributed by atoms with Gasteiger partial charge in [-0.25, -0.2) is 0 Å². The molecule has 0 spiro atoms. The average Bonchev–Trinajstić information content (AvgIpc) is 2.62. The fourth-order valence-electron chi connectivity index (χ4n) is 2.71. The summed E-state index contributed by atoms with van der Waals surface area (Å²) in [6.07, 6.45) is -2.79. The Morgan fingerprint density at radius 2 is 2.00 bits per heavy atom. The number of halogens is 3. The van der Waals surface area contributed by atoms with Gasteiger partial charge in [0.2, 0.25) is 0 Å². The molecule has 0 aromatic heterocycles. The summed E-state index contributed by atoms with van der Waals surface area (Å²) in [6, 6.07) is 5.24. The minimum atomic E-state index is -4.34. The number of nitrogens with one attached hydrogen (secondary N) is 2. The van der Waals surface area contributed by atoms with Crippen LogP contribution in [0.4, 0.5) is 13.2 Å². The van der Waals surface area contributed by atoms with Crippen LogP contribution in [0.2, 0.25) is 0 Å². The van der Waals surface area contributed by atoms with Crippen LogP contribution < -0.4 is 10.6 Å². The maximum absolute atomic E-state index is 12.8. The molecule has 0 bridgehead atoms. The van der Waals surface area contributed by atoms with Crippen molar-refractivity contribution in [2.24, 2.45) is 4.99 Å². The minimum Gasteiger partial charge on any atom is -0.381 e. The number of hydrogen-bond acceptors (Lipinski definition) is 3. The molecule has 1 aromatic rings. The van der Waals surface area contributed by atoms with Crippen LogP contribution in [0.3, 0.4) is 0 Å². The molecule has 1 aromatic carbocycles. The number of aliphatic imine (C=N–C) groups is 1. The van der Waals surface area contributed by atoms with Gasteiger partial charge < -0.3 is 20.1 Å². The van der Waals surface area contributed by atoms with E-state index in [2.05, 4.69) is 15.6 Å². The lowest BCUT2D eigenvalue weighted by Crippen LogP contribution is -2.50. The quantitative estimate of drug-likeness (QED) is 0.627. The topological polar surface area (TPSA) is 54.9 Å². The molecule has 0 atom stereocenters. The van der Waals surface area contributed by atoms with E-state index in [0.29, 0.717) is 31.3 Å². The van der Waals surface area contributed by atoms with Gasteiger partial charge in [-0.15, -0.1) is 0 Å². The first kappa shape index (κ1) is 19.5. The number of benzene rings is 1. The third-order valence-electron chi connectivity index (χ3n) is 4.35. The average molecular weight is 359 g/mol. The number of nitrogens with zero attached hydrogens (tertiary/aromatic N) is 1. The van der Waals surface area contributed by atoms with E-state index >= 15 is 0 Å². The molecule has 0 saturated carbocycles. The Labute approximate surface area is 145 Å². The van der Waals surface area contributed by atoms with Gasteiger partial charge in [0.15, 0.2) is 5.96 Å². The smallest absolute Gasteiger partial charge is 0.381 e. The zero-order chi connectivity index (χ0) is 18.3. The van der Waals surface area contributed by atoms with E-state index in [-0.39, 0.29) is 12.1 Å². The zero-order valence-electron chi connectivity index (χ0n) is 14.4. The van der Waals surface area contributed by atoms with E-state index in [1.807, 2.05) is 0 Å². The van der Waals surface area contributed by atoms with Crippen LogP contribution in [-0.4, -0.2) is 45.5 Å². The molecule has 2 N–H and O–H groups in total. The molecule has 1 saturated heterocycles. The van der Waals surface area contributed by atoms with Gasteiger partial charge in [0, 0.05) is 53.3 Å². The van der Waals surface area contributed by atoms with Crippen molar-refractivity contribution >= 4 is 5.96 Å². The minimum absolute atomic E-state index is 0.243. The molecule has 0 unspecified atom stereocenters. The first-order valence-corrected chi connectivity index (χ1v) is 8.12. The summed E-state index contributed by atoms with van der Waals surface area (Å²) in [5.74, 6) is 0.514. The molecule has 1 fully saturated rings. The predicted octanol–water partition coefficient (Wildman–Crippen LogP) is 2.57. The standard InChI is InChI=1S/C17H24F3N3O2/c1-21-15(23-12-16(24-2)6-8-25-9-7-16)22-11-13-4-3-5-14(10-13)17(18,19)20/h3-5,10H,6-9,11-12H2,1-2H3,(H2,21,22,23). The molecule has 0 radical (unpaired) electrons. The summed E-state index contributed by atoms with van der Waals surface area (Å²) in [7, 11) is 3.29. The largest absolute Gasteiger partial charge is 0.416 e. The second-order valence-electron chi connectivity index (χ2n) is 5.98. The Bertz CT molecular complexity index is 585. The Balaban J connectivity index is 1.90. The van der Waals surface area contributed by atoms with Gasteiger partial charge in [-0.2, -0.15) is 13.2 Å². The van der Waals surface area contributed by atoms with Crippen molar-refractivity contribution in [3.63, 3.8) is 0 Å². The predicted molar refractivity (Wildman–Crippen MR) is 89.4 cm³/mol. The number of hydrogen-bond donors (Lipinski definition) is 2. The molecular formula is C17H24F3N3O2. The van der Waals surface area contributed by atoms with Crippen molar-refractivity contribution in [3.05, 3.63) is 35.4 Å². The zero-order valence-corrected chi connectivity index (χ0v) is 14.4. The molecule has 2 rings (SSSR count). The molecule has 140 valence electrons. The van der Waals surface area contributed by atoms with E-state index in [9.17, 15) is 13.2 Å². The van der Waals surface area contributed by atoms with Gasteiger partial charge in [-0.1, -0.05) is 12.1 Å². The SMILES string of the molecule is CN=C(NCc1cccc(C(F)(F)F)c1)NCC1(OC)CCOCC1. The molecular weight excluding hydrogens is 335 g/mol. The van der Waals surface area contributed by atoms with Crippen molar-refractivity contribution in [1.29, 1.82) is 0 Å². The van der Waals surface area contributed by atoms with Crippen molar-refractivity contribution in [2.45, 2.75) is 31.2 Å². The lowest BCUT2D eigenvalue weighted by atomic mass is 9.94. The Morgan fingerprint density at radius 1 is 1.28 bits per heavy atom. The lowest BCUT2D eigenvalue weighted by molar-refractivity contribution is -0.137. The highest BCUT2D eigenvalue weighted by atomic mass is 19.4. The molecule has 0 amide bonds. The summed E-state index contributed by atoms with van der Waals surface area (Å²) in [5.41, 5.74) is -0.438. The highest BCUT2D eigenvalue weighted by molar-refractivity contribution is 5.79. The fraction of sp³-hybridized carbons (Fsp3) is 0.588. The van der Waals surface area contributed by atoms with Crippen molar-refractivity contribution in [3.8, 4) is 0 Å². The van der Waals surface area contributed by atoms with E-state index in [1.54, 1.807) is 20.2 Å². The third kappa shape index (κ3) is 5.61. The molecule has 1 heterocycles. The van der Waals surface area contributed by atoms with E-state index in [1.165, 1.54) is 6.07 Å². The van der Waals surface area contributed by atoms with Gasteiger partial charge in [0.1, 0.15) is 0 Å². The number of methoxy groups -OCH3 is 1. The van der Waals surface area contributed by atoms with Crippen LogP contribution in [-0.2, 0) is 22.2 Å². The van der Waals surface area contributed by atoms with Gasteiger partial charge >= 0.3 is 6.18 Å². The summed E-state index contributed by atoms with van der Waals surface area (Å²) < 4.78 is 49.3. The molecule has 1 aliphatic rings. The Kier molecular flexibility index (Phi) is 6.66. The molecule has 5 nitrogen and oxygen atoms in total. The summed E-state index contributed by atoms with van der Waals surface area (Å²) in [4.78, 5) is 4.11. The first-order valence-electron chi connectivity index (χ1n) is 8.12. The van der Waals surface area contributed by atoms with Gasteiger partial charge in [0.05, 0.1) is 11.2 Å². The molecule has 1 aliphatic heterocycles. The van der Waals surface area contributed by atoms with Crippen LogP contribution in [0.5, 0.6) is 0 Å². The summed E-state index contributed by atoms with van der Waals surface area (Å²) in [6.45, 7) is 2.08. The molecule has 8 heteroatoms.